The number of hydrogen-bond donors (Lipinski definition) is 0. The highest BCUT2D eigenvalue weighted by Crippen LogP contribution is 2.29. The molecule has 2 aromatic heterocycles. The smallest absolute Gasteiger partial charge is 0.0708 e. The largest absolute Gasteiger partial charge is 0.264 e. The Kier molecular flexibility index (Phi) is 3.25. The Bertz CT molecular complexity index is 798. The molecule has 2 heteroatoms. The summed E-state index contributed by atoms with van der Waals surface area (Å²) in [4.78, 5) is 8.74. The lowest BCUT2D eigenvalue weighted by Crippen LogP contribution is -2.11. The summed E-state index contributed by atoms with van der Waals surface area (Å²) in [5.41, 5.74) is 4.95. The van der Waals surface area contributed by atoms with E-state index >= 15 is 0 Å². The van der Waals surface area contributed by atoms with E-state index in [-0.39, 0.29) is 5.41 Å². The third kappa shape index (κ3) is 2.80. The van der Waals surface area contributed by atoms with Crippen molar-refractivity contribution < 1.29 is 0 Å². The van der Waals surface area contributed by atoms with Gasteiger partial charge in [0.1, 0.15) is 0 Å². The number of pyridine rings is 2. The fraction of sp³-hybridized carbons (Fsp3) is 0.263. The average molecular weight is 276 g/mol. The highest BCUT2D eigenvalue weighted by atomic mass is 14.7. The molecule has 2 heterocycles. The van der Waals surface area contributed by atoms with Crippen molar-refractivity contribution in [3.8, 4) is 11.3 Å². The van der Waals surface area contributed by atoms with Crippen LogP contribution in [0.3, 0.4) is 0 Å². The van der Waals surface area contributed by atoms with Crippen LogP contribution in [0.4, 0.5) is 0 Å². The van der Waals surface area contributed by atoms with E-state index in [1.807, 2.05) is 24.7 Å². The molecule has 0 radical (unpaired) electrons. The Labute approximate surface area is 125 Å². The number of nitrogens with zero attached hydrogens (tertiary/aromatic N) is 2. The zero-order chi connectivity index (χ0) is 15.0. The van der Waals surface area contributed by atoms with E-state index in [0.717, 1.165) is 11.1 Å². The van der Waals surface area contributed by atoms with Crippen molar-refractivity contribution in [3.05, 3.63) is 60.0 Å². The third-order valence-corrected chi connectivity index (χ3v) is 3.76. The van der Waals surface area contributed by atoms with Crippen LogP contribution in [-0.4, -0.2) is 9.97 Å². The van der Waals surface area contributed by atoms with Gasteiger partial charge in [0.05, 0.1) is 5.69 Å². The fourth-order valence-corrected chi connectivity index (χ4v) is 2.50. The van der Waals surface area contributed by atoms with Gasteiger partial charge in [0, 0.05) is 29.5 Å². The highest BCUT2D eigenvalue weighted by Gasteiger charge is 2.15. The lowest BCUT2D eigenvalue weighted by atomic mass is 9.85. The molecular weight excluding hydrogens is 256 g/mol. The van der Waals surface area contributed by atoms with Crippen LogP contribution in [0.1, 0.15) is 31.9 Å². The maximum absolute atomic E-state index is 4.60. The van der Waals surface area contributed by atoms with E-state index in [0.29, 0.717) is 0 Å². The van der Waals surface area contributed by atoms with Gasteiger partial charge in [-0.15, -0.1) is 0 Å². The van der Waals surface area contributed by atoms with E-state index in [2.05, 4.69) is 61.9 Å². The predicted octanol–water partition coefficient (Wildman–Crippen LogP) is 4.90. The molecule has 0 amide bonds. The maximum Gasteiger partial charge on any atom is 0.0708 e. The molecule has 0 spiro atoms. The molecule has 0 atom stereocenters. The van der Waals surface area contributed by atoms with Gasteiger partial charge in [-0.2, -0.15) is 0 Å². The Morgan fingerprint density at radius 2 is 1.71 bits per heavy atom. The van der Waals surface area contributed by atoms with Crippen LogP contribution < -0.4 is 0 Å². The Morgan fingerprint density at radius 1 is 0.905 bits per heavy atom. The van der Waals surface area contributed by atoms with Gasteiger partial charge in [0.2, 0.25) is 0 Å². The van der Waals surface area contributed by atoms with Crippen molar-refractivity contribution in [2.24, 2.45) is 0 Å². The van der Waals surface area contributed by atoms with Crippen LogP contribution in [-0.2, 0) is 5.41 Å². The molecule has 2 nitrogen and oxygen atoms in total. The van der Waals surface area contributed by atoms with Crippen molar-refractivity contribution in [1.29, 1.82) is 0 Å². The second kappa shape index (κ2) is 4.96. The van der Waals surface area contributed by atoms with Gasteiger partial charge in [-0.25, -0.2) is 0 Å². The number of hydrogen-bond acceptors (Lipinski definition) is 2. The van der Waals surface area contributed by atoms with Crippen LogP contribution in [0.15, 0.2) is 48.9 Å². The van der Waals surface area contributed by atoms with Crippen LogP contribution in [0.5, 0.6) is 0 Å². The minimum Gasteiger partial charge on any atom is -0.264 e. The first-order chi connectivity index (χ1) is 9.93. The molecular formula is C19H20N2. The first kappa shape index (κ1) is 13.7. The average Bonchev–Trinajstić information content (AvgIpc) is 2.45. The monoisotopic (exact) mass is 276 g/mol. The van der Waals surface area contributed by atoms with Gasteiger partial charge in [-0.3, -0.25) is 9.97 Å². The molecule has 106 valence electrons. The zero-order valence-corrected chi connectivity index (χ0v) is 13.0. The second-order valence-electron chi connectivity index (χ2n) is 6.63. The quantitative estimate of drug-likeness (QED) is 0.631. The summed E-state index contributed by atoms with van der Waals surface area (Å²) in [5.74, 6) is 0. The van der Waals surface area contributed by atoms with Gasteiger partial charge in [-0.05, 0) is 47.6 Å². The van der Waals surface area contributed by atoms with Crippen molar-refractivity contribution >= 4 is 10.8 Å². The Balaban J connectivity index is 2.16. The molecule has 0 bridgehead atoms. The predicted molar refractivity (Wildman–Crippen MR) is 88.4 cm³/mol. The number of rotatable bonds is 1. The maximum atomic E-state index is 4.60. The van der Waals surface area contributed by atoms with Crippen molar-refractivity contribution in [2.75, 3.05) is 0 Å². The number of aromatic nitrogens is 2. The fourth-order valence-electron chi connectivity index (χ4n) is 2.50. The summed E-state index contributed by atoms with van der Waals surface area (Å²) in [6.07, 6.45) is 5.57. The summed E-state index contributed by atoms with van der Waals surface area (Å²) in [6.45, 7) is 8.87. The minimum absolute atomic E-state index is 0.140. The van der Waals surface area contributed by atoms with Gasteiger partial charge < -0.3 is 0 Å². The van der Waals surface area contributed by atoms with Crippen molar-refractivity contribution in [1.82, 2.24) is 9.97 Å². The molecule has 0 aliphatic carbocycles. The van der Waals surface area contributed by atoms with Gasteiger partial charge in [0.25, 0.3) is 0 Å². The van der Waals surface area contributed by atoms with E-state index in [4.69, 9.17) is 0 Å². The number of aryl methyl sites for hydroxylation is 1. The molecule has 0 aliphatic rings. The molecule has 0 aliphatic heterocycles. The van der Waals surface area contributed by atoms with Gasteiger partial charge >= 0.3 is 0 Å². The molecule has 0 fully saturated rings. The van der Waals surface area contributed by atoms with Crippen LogP contribution in [0, 0.1) is 6.92 Å². The molecule has 0 N–H and O–H groups in total. The van der Waals surface area contributed by atoms with Crippen molar-refractivity contribution in [3.63, 3.8) is 0 Å². The first-order valence-corrected chi connectivity index (χ1v) is 7.26. The number of benzene rings is 1. The van der Waals surface area contributed by atoms with E-state index in [9.17, 15) is 0 Å². The van der Waals surface area contributed by atoms with Crippen LogP contribution in [0.25, 0.3) is 22.0 Å². The molecule has 0 saturated carbocycles. The summed E-state index contributed by atoms with van der Waals surface area (Å²) >= 11 is 0. The SMILES string of the molecule is Cc1cc(-c2cc3ccncc3cn2)cc(C(C)(C)C)c1. The molecule has 1 aromatic carbocycles. The van der Waals surface area contributed by atoms with E-state index in [1.54, 1.807) is 0 Å². The lowest BCUT2D eigenvalue weighted by Gasteiger charge is -2.20. The molecule has 0 unspecified atom stereocenters. The standard InChI is InChI=1S/C19H20N2/c1-13-7-15(9-17(8-13)19(2,3)4)18-10-14-5-6-20-11-16(14)12-21-18/h5-12H,1-4H3. The molecule has 3 aromatic rings. The number of fused-ring (bicyclic) bond motifs is 1. The zero-order valence-electron chi connectivity index (χ0n) is 13.0. The molecule has 3 rings (SSSR count). The third-order valence-electron chi connectivity index (χ3n) is 3.76. The van der Waals surface area contributed by atoms with Gasteiger partial charge in [0.15, 0.2) is 0 Å². The van der Waals surface area contributed by atoms with Crippen molar-refractivity contribution in [2.45, 2.75) is 33.1 Å². The normalized spacial score (nSPS) is 11.8. The van der Waals surface area contributed by atoms with Gasteiger partial charge in [-0.1, -0.05) is 32.4 Å². The van der Waals surface area contributed by atoms with Crippen LogP contribution in [0.2, 0.25) is 0 Å². The summed E-state index contributed by atoms with van der Waals surface area (Å²) in [7, 11) is 0. The summed E-state index contributed by atoms with van der Waals surface area (Å²) < 4.78 is 0. The Morgan fingerprint density at radius 3 is 2.48 bits per heavy atom. The van der Waals surface area contributed by atoms with Crippen LogP contribution >= 0.6 is 0 Å². The topological polar surface area (TPSA) is 25.8 Å². The highest BCUT2D eigenvalue weighted by molar-refractivity contribution is 5.84. The molecule has 21 heavy (non-hydrogen) atoms. The minimum atomic E-state index is 0.140. The molecule has 0 saturated heterocycles. The first-order valence-electron chi connectivity index (χ1n) is 7.26. The van der Waals surface area contributed by atoms with E-state index < -0.39 is 0 Å². The summed E-state index contributed by atoms with van der Waals surface area (Å²) in [6, 6.07) is 10.9. The Hall–Kier alpha value is -2.22. The van der Waals surface area contributed by atoms with E-state index in [1.165, 1.54) is 22.1 Å². The summed E-state index contributed by atoms with van der Waals surface area (Å²) in [5, 5.41) is 2.25. The second-order valence-corrected chi connectivity index (χ2v) is 6.63. The lowest BCUT2D eigenvalue weighted by molar-refractivity contribution is 0.590.